The lowest BCUT2D eigenvalue weighted by Gasteiger charge is -2.09. The standard InChI is InChI=1S/C15H13N3O5S/c1-9-3-4-10(17(20)21)7-13(9)16-15(19)12-8-11(24-2)5-6-14(12)18(22)23/h3-8H,1-2H3,(H,16,19). The van der Waals surface area contributed by atoms with Crippen LogP contribution in [0.15, 0.2) is 41.3 Å². The van der Waals surface area contributed by atoms with E-state index in [0.717, 1.165) is 0 Å². The van der Waals surface area contributed by atoms with Gasteiger partial charge in [0, 0.05) is 23.1 Å². The Kier molecular flexibility index (Phi) is 5.14. The number of thioether (sulfide) groups is 1. The number of nitrogens with zero attached hydrogens (tertiary/aromatic N) is 2. The van der Waals surface area contributed by atoms with Crippen LogP contribution in [0, 0.1) is 27.2 Å². The Morgan fingerprint density at radius 2 is 1.79 bits per heavy atom. The minimum atomic E-state index is -0.693. The predicted molar refractivity (Wildman–Crippen MR) is 90.7 cm³/mol. The van der Waals surface area contributed by atoms with Gasteiger partial charge in [0.25, 0.3) is 17.3 Å². The largest absolute Gasteiger partial charge is 0.321 e. The summed E-state index contributed by atoms with van der Waals surface area (Å²) < 4.78 is 0. The number of aryl methyl sites for hydroxylation is 1. The van der Waals surface area contributed by atoms with Crippen LogP contribution in [0.2, 0.25) is 0 Å². The van der Waals surface area contributed by atoms with Crippen LogP contribution in [-0.2, 0) is 0 Å². The molecule has 2 aromatic carbocycles. The fourth-order valence-corrected chi connectivity index (χ4v) is 2.47. The maximum atomic E-state index is 12.4. The summed E-state index contributed by atoms with van der Waals surface area (Å²) in [6, 6.07) is 8.28. The number of nitro groups is 2. The van der Waals surface area contributed by atoms with Crippen LogP contribution >= 0.6 is 11.8 Å². The number of carbonyl (C=O) groups excluding carboxylic acids is 1. The topological polar surface area (TPSA) is 115 Å². The van der Waals surface area contributed by atoms with Crippen LogP contribution in [0.5, 0.6) is 0 Å². The molecule has 124 valence electrons. The molecule has 9 heteroatoms. The van der Waals surface area contributed by atoms with Crippen LogP contribution in [-0.4, -0.2) is 22.0 Å². The molecule has 0 saturated carbocycles. The fraction of sp³-hybridized carbons (Fsp3) is 0.133. The van der Waals surface area contributed by atoms with Crippen molar-refractivity contribution in [1.82, 2.24) is 0 Å². The summed E-state index contributed by atoms with van der Waals surface area (Å²) in [6.07, 6.45) is 1.79. The van der Waals surface area contributed by atoms with Gasteiger partial charge >= 0.3 is 0 Å². The number of amides is 1. The van der Waals surface area contributed by atoms with Crippen LogP contribution < -0.4 is 5.32 Å². The Hall–Kier alpha value is -2.94. The maximum absolute atomic E-state index is 12.4. The summed E-state index contributed by atoms with van der Waals surface area (Å²) in [5.74, 6) is -0.693. The van der Waals surface area contributed by atoms with E-state index in [4.69, 9.17) is 0 Å². The summed E-state index contributed by atoms with van der Waals surface area (Å²) >= 11 is 1.34. The molecular weight excluding hydrogens is 334 g/mol. The van der Waals surface area contributed by atoms with E-state index in [0.29, 0.717) is 10.5 Å². The van der Waals surface area contributed by atoms with Gasteiger partial charge in [-0.2, -0.15) is 0 Å². The summed E-state index contributed by atoms with van der Waals surface area (Å²) in [6.45, 7) is 1.67. The van der Waals surface area contributed by atoms with Gasteiger partial charge in [0.2, 0.25) is 0 Å². The number of benzene rings is 2. The Balaban J connectivity index is 2.41. The lowest BCUT2D eigenvalue weighted by Crippen LogP contribution is -2.15. The van der Waals surface area contributed by atoms with Crippen LogP contribution in [0.3, 0.4) is 0 Å². The van der Waals surface area contributed by atoms with Crippen molar-refractivity contribution in [2.24, 2.45) is 0 Å². The van der Waals surface area contributed by atoms with Gasteiger partial charge in [-0.15, -0.1) is 11.8 Å². The molecule has 0 unspecified atom stereocenters. The van der Waals surface area contributed by atoms with Crippen LogP contribution in [0.1, 0.15) is 15.9 Å². The van der Waals surface area contributed by atoms with E-state index < -0.39 is 15.8 Å². The van der Waals surface area contributed by atoms with Gasteiger partial charge in [0.15, 0.2) is 0 Å². The predicted octanol–water partition coefficient (Wildman–Crippen LogP) is 3.79. The Bertz CT molecular complexity index is 838. The second-order valence-electron chi connectivity index (χ2n) is 4.85. The highest BCUT2D eigenvalue weighted by molar-refractivity contribution is 7.98. The van der Waals surface area contributed by atoms with Gasteiger partial charge < -0.3 is 5.32 Å². The highest BCUT2D eigenvalue weighted by Crippen LogP contribution is 2.27. The number of hydrogen-bond acceptors (Lipinski definition) is 6. The molecule has 0 saturated heterocycles. The Morgan fingerprint density at radius 1 is 1.08 bits per heavy atom. The van der Waals surface area contributed by atoms with Crippen molar-refractivity contribution in [3.63, 3.8) is 0 Å². The molecule has 8 nitrogen and oxygen atoms in total. The van der Waals surface area contributed by atoms with Gasteiger partial charge in [0.1, 0.15) is 5.56 Å². The third kappa shape index (κ3) is 3.69. The SMILES string of the molecule is CSc1ccc([N+](=O)[O-])c(C(=O)Nc2cc([N+](=O)[O-])ccc2C)c1. The molecule has 0 atom stereocenters. The maximum Gasteiger partial charge on any atom is 0.282 e. The average Bonchev–Trinajstić information content (AvgIpc) is 2.55. The summed E-state index contributed by atoms with van der Waals surface area (Å²) in [5.41, 5.74) is 0.241. The van der Waals surface area contributed by atoms with E-state index in [1.807, 2.05) is 0 Å². The summed E-state index contributed by atoms with van der Waals surface area (Å²) in [7, 11) is 0. The molecule has 0 heterocycles. The monoisotopic (exact) mass is 347 g/mol. The molecule has 1 N–H and O–H groups in total. The smallest absolute Gasteiger partial charge is 0.282 e. The lowest BCUT2D eigenvalue weighted by molar-refractivity contribution is -0.385. The van der Waals surface area contributed by atoms with Crippen LogP contribution in [0.4, 0.5) is 17.1 Å². The number of hydrogen-bond donors (Lipinski definition) is 1. The molecule has 0 radical (unpaired) electrons. The molecule has 0 aliphatic heterocycles. The van der Waals surface area contributed by atoms with E-state index in [2.05, 4.69) is 5.32 Å². The number of nitro benzene ring substituents is 2. The molecule has 0 aromatic heterocycles. The number of nitrogens with one attached hydrogen (secondary N) is 1. The first kappa shape index (κ1) is 17.4. The molecule has 2 rings (SSSR count). The minimum Gasteiger partial charge on any atom is -0.321 e. The highest BCUT2D eigenvalue weighted by Gasteiger charge is 2.22. The molecule has 24 heavy (non-hydrogen) atoms. The van der Waals surface area contributed by atoms with Crippen molar-refractivity contribution >= 4 is 34.7 Å². The lowest BCUT2D eigenvalue weighted by atomic mass is 10.1. The summed E-state index contributed by atoms with van der Waals surface area (Å²) in [4.78, 5) is 33.9. The average molecular weight is 347 g/mol. The van der Waals surface area contributed by atoms with E-state index in [1.54, 1.807) is 19.2 Å². The summed E-state index contributed by atoms with van der Waals surface area (Å²) in [5, 5.41) is 24.5. The number of non-ortho nitro benzene ring substituents is 1. The number of rotatable bonds is 5. The van der Waals surface area contributed by atoms with E-state index in [-0.39, 0.29) is 22.6 Å². The Morgan fingerprint density at radius 3 is 2.38 bits per heavy atom. The zero-order chi connectivity index (χ0) is 17.9. The molecule has 1 amide bonds. The number of anilines is 1. The van der Waals surface area contributed by atoms with Crippen molar-refractivity contribution in [2.75, 3.05) is 11.6 Å². The van der Waals surface area contributed by atoms with Gasteiger partial charge in [-0.3, -0.25) is 25.0 Å². The van der Waals surface area contributed by atoms with Crippen LogP contribution in [0.25, 0.3) is 0 Å². The Labute approximate surface area is 141 Å². The van der Waals surface area contributed by atoms with Gasteiger partial charge in [-0.25, -0.2) is 0 Å². The molecule has 2 aromatic rings. The van der Waals surface area contributed by atoms with Crippen molar-refractivity contribution in [3.8, 4) is 0 Å². The molecule has 0 bridgehead atoms. The van der Waals surface area contributed by atoms with Gasteiger partial charge in [0.05, 0.1) is 15.5 Å². The highest BCUT2D eigenvalue weighted by atomic mass is 32.2. The van der Waals surface area contributed by atoms with Gasteiger partial charge in [-0.05, 0) is 30.9 Å². The zero-order valence-electron chi connectivity index (χ0n) is 12.8. The number of carbonyl (C=O) groups is 1. The zero-order valence-corrected chi connectivity index (χ0v) is 13.6. The first-order valence-corrected chi connectivity index (χ1v) is 7.94. The molecule has 0 aliphatic carbocycles. The van der Waals surface area contributed by atoms with Crippen molar-refractivity contribution in [2.45, 2.75) is 11.8 Å². The normalized spacial score (nSPS) is 10.2. The van der Waals surface area contributed by atoms with E-state index in [1.165, 1.54) is 42.1 Å². The van der Waals surface area contributed by atoms with E-state index >= 15 is 0 Å². The quantitative estimate of drug-likeness (QED) is 0.500. The third-order valence-electron chi connectivity index (χ3n) is 3.33. The second kappa shape index (κ2) is 7.09. The van der Waals surface area contributed by atoms with Crippen molar-refractivity contribution in [1.29, 1.82) is 0 Å². The van der Waals surface area contributed by atoms with Gasteiger partial charge in [-0.1, -0.05) is 6.07 Å². The molecule has 0 fully saturated rings. The first-order valence-electron chi connectivity index (χ1n) is 6.72. The second-order valence-corrected chi connectivity index (χ2v) is 5.73. The third-order valence-corrected chi connectivity index (χ3v) is 4.05. The fourth-order valence-electron chi connectivity index (χ4n) is 2.03. The van der Waals surface area contributed by atoms with Crippen molar-refractivity contribution in [3.05, 3.63) is 67.8 Å². The molecule has 0 spiro atoms. The van der Waals surface area contributed by atoms with E-state index in [9.17, 15) is 25.0 Å². The first-order chi connectivity index (χ1) is 11.3. The van der Waals surface area contributed by atoms with Crippen molar-refractivity contribution < 1.29 is 14.6 Å². The molecular formula is C15H13N3O5S. The minimum absolute atomic E-state index is 0.0993. The molecule has 0 aliphatic rings.